The Morgan fingerprint density at radius 3 is 2.50 bits per heavy atom. The van der Waals surface area contributed by atoms with Gasteiger partial charge in [-0.2, -0.15) is 5.10 Å². The number of hydrogen-bond acceptors (Lipinski definition) is 2. The fourth-order valence-electron chi connectivity index (χ4n) is 2.61. The van der Waals surface area contributed by atoms with Crippen LogP contribution in [0.4, 0.5) is 0 Å². The first kappa shape index (κ1) is 11.5. The molecule has 1 aliphatic carbocycles. The first-order valence-corrected chi connectivity index (χ1v) is 6.46. The Hall–Kier alpha value is -1.61. The van der Waals surface area contributed by atoms with Crippen molar-refractivity contribution in [1.82, 2.24) is 9.78 Å². The highest BCUT2D eigenvalue weighted by Gasteiger charge is 2.29. The lowest BCUT2D eigenvalue weighted by Crippen LogP contribution is -2.07. The van der Waals surface area contributed by atoms with E-state index in [9.17, 15) is 5.11 Å². The van der Waals surface area contributed by atoms with Crippen LogP contribution in [0.1, 0.15) is 41.1 Å². The third-order valence-electron chi connectivity index (χ3n) is 3.72. The molecule has 18 heavy (non-hydrogen) atoms. The van der Waals surface area contributed by atoms with Gasteiger partial charge in [0.25, 0.3) is 0 Å². The van der Waals surface area contributed by atoms with E-state index in [-0.39, 0.29) is 6.61 Å². The molecule has 2 aromatic rings. The standard InChI is InChI=1S/C15H18N2O/c1-10-4-3-5-11(2)15(10)17-14(9-18)13(8-16-17)12-6-7-12/h3-5,8,12,18H,6-7,9H2,1-2H3. The molecule has 3 heteroatoms. The van der Waals surface area contributed by atoms with Crippen molar-refractivity contribution in [2.75, 3.05) is 0 Å². The number of aliphatic hydroxyl groups excluding tert-OH is 1. The second kappa shape index (κ2) is 4.25. The first-order chi connectivity index (χ1) is 8.72. The lowest BCUT2D eigenvalue weighted by atomic mass is 10.1. The molecule has 1 heterocycles. The van der Waals surface area contributed by atoms with Crippen LogP contribution < -0.4 is 0 Å². The van der Waals surface area contributed by atoms with Crippen molar-refractivity contribution in [3.05, 3.63) is 46.8 Å². The molecule has 0 saturated heterocycles. The van der Waals surface area contributed by atoms with Crippen molar-refractivity contribution in [3.8, 4) is 5.69 Å². The molecule has 1 fully saturated rings. The highest BCUT2D eigenvalue weighted by molar-refractivity contribution is 5.48. The van der Waals surface area contributed by atoms with Gasteiger partial charge in [0.05, 0.1) is 24.2 Å². The van der Waals surface area contributed by atoms with Gasteiger partial charge in [0.2, 0.25) is 0 Å². The van der Waals surface area contributed by atoms with Crippen molar-refractivity contribution in [2.45, 2.75) is 39.2 Å². The maximum absolute atomic E-state index is 9.65. The minimum Gasteiger partial charge on any atom is -0.390 e. The van der Waals surface area contributed by atoms with Gasteiger partial charge in [0.1, 0.15) is 0 Å². The molecule has 1 aromatic heterocycles. The van der Waals surface area contributed by atoms with Gasteiger partial charge in [-0.05, 0) is 49.3 Å². The van der Waals surface area contributed by atoms with Crippen LogP contribution >= 0.6 is 0 Å². The van der Waals surface area contributed by atoms with Gasteiger partial charge in [0, 0.05) is 0 Å². The molecule has 0 spiro atoms. The van der Waals surface area contributed by atoms with Gasteiger partial charge in [-0.15, -0.1) is 0 Å². The summed E-state index contributed by atoms with van der Waals surface area (Å²) in [5.41, 5.74) is 5.66. The number of aryl methyl sites for hydroxylation is 2. The average molecular weight is 242 g/mol. The molecule has 1 N–H and O–H groups in total. The maximum atomic E-state index is 9.65. The number of aliphatic hydroxyl groups is 1. The summed E-state index contributed by atoms with van der Waals surface area (Å²) in [6.07, 6.45) is 4.38. The van der Waals surface area contributed by atoms with E-state index in [4.69, 9.17) is 0 Å². The third-order valence-corrected chi connectivity index (χ3v) is 3.72. The van der Waals surface area contributed by atoms with Crippen molar-refractivity contribution in [2.24, 2.45) is 0 Å². The number of aromatic nitrogens is 2. The minimum absolute atomic E-state index is 0.0552. The Morgan fingerprint density at radius 1 is 1.28 bits per heavy atom. The molecule has 3 rings (SSSR count). The lowest BCUT2D eigenvalue weighted by Gasteiger charge is -2.13. The molecular formula is C15H18N2O. The van der Waals surface area contributed by atoms with Crippen LogP contribution in [0.25, 0.3) is 5.69 Å². The minimum atomic E-state index is 0.0552. The van der Waals surface area contributed by atoms with Gasteiger partial charge < -0.3 is 5.11 Å². The van der Waals surface area contributed by atoms with Gasteiger partial charge in [-0.25, -0.2) is 4.68 Å². The molecule has 0 aliphatic heterocycles. The molecule has 1 aromatic carbocycles. The monoisotopic (exact) mass is 242 g/mol. The van der Waals surface area contributed by atoms with E-state index < -0.39 is 0 Å². The van der Waals surface area contributed by atoms with Crippen molar-refractivity contribution in [1.29, 1.82) is 0 Å². The molecule has 3 nitrogen and oxygen atoms in total. The largest absolute Gasteiger partial charge is 0.390 e. The highest BCUT2D eigenvalue weighted by atomic mass is 16.3. The van der Waals surface area contributed by atoms with E-state index in [1.54, 1.807) is 0 Å². The summed E-state index contributed by atoms with van der Waals surface area (Å²) in [6.45, 7) is 4.23. The summed E-state index contributed by atoms with van der Waals surface area (Å²) in [5.74, 6) is 0.616. The van der Waals surface area contributed by atoms with Gasteiger partial charge in [0.15, 0.2) is 0 Å². The Kier molecular flexibility index (Phi) is 2.71. The summed E-state index contributed by atoms with van der Waals surface area (Å²) in [7, 11) is 0. The van der Waals surface area contributed by atoms with Crippen LogP contribution in [-0.4, -0.2) is 14.9 Å². The zero-order valence-corrected chi connectivity index (χ0v) is 10.8. The van der Waals surface area contributed by atoms with Crippen molar-refractivity contribution in [3.63, 3.8) is 0 Å². The van der Waals surface area contributed by atoms with E-state index in [1.165, 1.54) is 29.5 Å². The molecule has 0 amide bonds. The molecule has 1 aliphatic rings. The summed E-state index contributed by atoms with van der Waals surface area (Å²) >= 11 is 0. The second-order valence-corrected chi connectivity index (χ2v) is 5.13. The van der Waals surface area contributed by atoms with Crippen LogP contribution in [0.3, 0.4) is 0 Å². The highest BCUT2D eigenvalue weighted by Crippen LogP contribution is 2.42. The fraction of sp³-hybridized carbons (Fsp3) is 0.400. The number of hydrogen-bond donors (Lipinski definition) is 1. The van der Waals surface area contributed by atoms with E-state index in [1.807, 2.05) is 10.9 Å². The third kappa shape index (κ3) is 1.75. The molecular weight excluding hydrogens is 224 g/mol. The van der Waals surface area contributed by atoms with Crippen molar-refractivity contribution >= 4 is 0 Å². The molecule has 94 valence electrons. The lowest BCUT2D eigenvalue weighted by molar-refractivity contribution is 0.272. The van der Waals surface area contributed by atoms with Crippen LogP contribution in [0.2, 0.25) is 0 Å². The average Bonchev–Trinajstić information content (AvgIpc) is 3.10. The summed E-state index contributed by atoms with van der Waals surface area (Å²) in [6, 6.07) is 6.22. The quantitative estimate of drug-likeness (QED) is 0.898. The van der Waals surface area contributed by atoms with E-state index in [0.717, 1.165) is 11.4 Å². The Balaban J connectivity index is 2.16. The predicted molar refractivity (Wildman–Crippen MR) is 70.9 cm³/mol. The SMILES string of the molecule is Cc1cccc(C)c1-n1ncc(C2CC2)c1CO. The number of nitrogens with zero attached hydrogens (tertiary/aromatic N) is 2. The summed E-state index contributed by atoms with van der Waals surface area (Å²) in [5, 5.41) is 14.1. The summed E-state index contributed by atoms with van der Waals surface area (Å²) < 4.78 is 1.92. The molecule has 0 atom stereocenters. The maximum Gasteiger partial charge on any atom is 0.0857 e. The van der Waals surface area contributed by atoms with Crippen LogP contribution in [0.5, 0.6) is 0 Å². The normalized spacial score (nSPS) is 15.1. The summed E-state index contributed by atoms with van der Waals surface area (Å²) in [4.78, 5) is 0. The molecule has 0 unspecified atom stereocenters. The molecule has 0 bridgehead atoms. The zero-order valence-electron chi connectivity index (χ0n) is 10.8. The Labute approximate surface area is 107 Å². The number of rotatable bonds is 3. The van der Waals surface area contributed by atoms with Crippen LogP contribution in [0, 0.1) is 13.8 Å². The first-order valence-electron chi connectivity index (χ1n) is 6.46. The van der Waals surface area contributed by atoms with E-state index in [0.29, 0.717) is 5.92 Å². The van der Waals surface area contributed by atoms with Gasteiger partial charge in [-0.1, -0.05) is 18.2 Å². The Morgan fingerprint density at radius 2 is 1.94 bits per heavy atom. The topological polar surface area (TPSA) is 38.0 Å². The fourth-order valence-corrected chi connectivity index (χ4v) is 2.61. The van der Waals surface area contributed by atoms with Crippen molar-refractivity contribution < 1.29 is 5.11 Å². The van der Waals surface area contributed by atoms with E-state index in [2.05, 4.69) is 37.1 Å². The molecule has 0 radical (unpaired) electrons. The smallest absolute Gasteiger partial charge is 0.0857 e. The van der Waals surface area contributed by atoms with Crippen LogP contribution in [-0.2, 0) is 6.61 Å². The Bertz CT molecular complexity index is 562. The number of para-hydroxylation sites is 1. The van der Waals surface area contributed by atoms with Crippen LogP contribution in [0.15, 0.2) is 24.4 Å². The second-order valence-electron chi connectivity index (χ2n) is 5.13. The predicted octanol–water partition coefficient (Wildman–Crippen LogP) is 2.86. The van der Waals surface area contributed by atoms with Gasteiger partial charge >= 0.3 is 0 Å². The molecule has 1 saturated carbocycles. The number of benzene rings is 1. The van der Waals surface area contributed by atoms with E-state index >= 15 is 0 Å². The van der Waals surface area contributed by atoms with Gasteiger partial charge in [-0.3, -0.25) is 0 Å². The zero-order chi connectivity index (χ0) is 12.7.